The van der Waals surface area contributed by atoms with Gasteiger partial charge in [0.2, 0.25) is 11.8 Å². The molecule has 3 rings (SSSR count). The van der Waals surface area contributed by atoms with Gasteiger partial charge < -0.3 is 20.9 Å². The van der Waals surface area contributed by atoms with Crippen molar-refractivity contribution in [2.45, 2.75) is 57.0 Å². The number of rotatable bonds is 6. The Hall–Kier alpha value is -3.83. The van der Waals surface area contributed by atoms with Crippen LogP contribution in [0.1, 0.15) is 43.7 Å². The van der Waals surface area contributed by atoms with E-state index in [9.17, 15) is 50.8 Å². The highest BCUT2D eigenvalue weighted by atomic mass is 19.4. The lowest BCUT2D eigenvalue weighted by Crippen LogP contribution is -2.53. The molecule has 15 heteroatoms. The number of nitrogens with one attached hydrogen (secondary N) is 1. The number of carbonyl (C=O) groups is 4. The summed E-state index contributed by atoms with van der Waals surface area (Å²) in [4.78, 5) is 52.8. The third kappa shape index (κ3) is 6.43. The molecule has 1 aliphatic carbocycles. The van der Waals surface area contributed by atoms with Crippen molar-refractivity contribution in [3.8, 4) is 6.07 Å². The summed E-state index contributed by atoms with van der Waals surface area (Å²) in [6.45, 7) is 1.27. The molecule has 212 valence electrons. The van der Waals surface area contributed by atoms with Gasteiger partial charge in [0.05, 0.1) is 28.3 Å². The number of anilines is 1. The van der Waals surface area contributed by atoms with Crippen molar-refractivity contribution in [3.63, 3.8) is 0 Å². The Morgan fingerprint density at radius 3 is 2.28 bits per heavy atom. The number of halogens is 6. The predicted molar refractivity (Wildman–Crippen MR) is 122 cm³/mol. The Labute approximate surface area is 218 Å². The molecule has 4 amide bonds. The zero-order valence-electron chi connectivity index (χ0n) is 20.8. The number of hydrogen-bond acceptors (Lipinski definition) is 5. The van der Waals surface area contributed by atoms with Crippen LogP contribution in [0.4, 0.5) is 32.0 Å². The summed E-state index contributed by atoms with van der Waals surface area (Å²) < 4.78 is 79.2. The van der Waals surface area contributed by atoms with Crippen LogP contribution in [0.5, 0.6) is 0 Å². The first-order chi connectivity index (χ1) is 17.9. The van der Waals surface area contributed by atoms with E-state index in [0.717, 1.165) is 29.7 Å². The first kappa shape index (κ1) is 29.7. The van der Waals surface area contributed by atoms with E-state index in [1.54, 1.807) is 5.32 Å². The standard InChI is InChI=1S/C24H25F6N5O4/c1-22(21(32)39)9-14(10-31)35(11-22)19(37)17(7-12-3-4-12)34(2)20(38)18(36)33-16-6-5-13(23(25,26)27)8-15(16)24(28,29)30/h5-6,8,12,14,17H,3-4,7,9,11H2,1-2H3,(H2,32,39)(H,33,36)/t14-,17-,22?/m0/s1. The van der Waals surface area contributed by atoms with E-state index >= 15 is 0 Å². The minimum Gasteiger partial charge on any atom is -0.369 e. The van der Waals surface area contributed by atoms with Gasteiger partial charge >= 0.3 is 24.2 Å². The van der Waals surface area contributed by atoms with Crippen LogP contribution in [-0.4, -0.2) is 59.1 Å². The number of likely N-dealkylation sites (tertiary alicyclic amines) is 1. The van der Waals surface area contributed by atoms with E-state index in [1.165, 1.54) is 6.92 Å². The van der Waals surface area contributed by atoms with Gasteiger partial charge in [-0.1, -0.05) is 12.8 Å². The Kier molecular flexibility index (Phi) is 7.91. The maximum absolute atomic E-state index is 13.5. The van der Waals surface area contributed by atoms with Crippen LogP contribution in [0.2, 0.25) is 0 Å². The van der Waals surface area contributed by atoms with Crippen molar-refractivity contribution in [1.29, 1.82) is 5.26 Å². The van der Waals surface area contributed by atoms with Crippen molar-refractivity contribution in [1.82, 2.24) is 9.80 Å². The Morgan fingerprint density at radius 1 is 1.18 bits per heavy atom. The first-order valence-electron chi connectivity index (χ1n) is 11.8. The molecule has 1 unspecified atom stereocenters. The third-order valence-electron chi connectivity index (χ3n) is 6.99. The van der Waals surface area contributed by atoms with Crippen LogP contribution in [-0.2, 0) is 31.5 Å². The summed E-state index contributed by atoms with van der Waals surface area (Å²) in [5.41, 5.74) is -0.276. The molecular weight excluding hydrogens is 536 g/mol. The molecule has 3 N–H and O–H groups in total. The number of hydrogen-bond donors (Lipinski definition) is 2. The molecule has 0 bridgehead atoms. The van der Waals surface area contributed by atoms with Crippen molar-refractivity contribution < 1.29 is 45.5 Å². The molecule has 1 saturated carbocycles. The van der Waals surface area contributed by atoms with Gasteiger partial charge in [-0.05, 0) is 43.9 Å². The van der Waals surface area contributed by atoms with Crippen LogP contribution in [0.3, 0.4) is 0 Å². The second-order valence-electron chi connectivity index (χ2n) is 10.1. The van der Waals surface area contributed by atoms with Gasteiger partial charge in [-0.15, -0.1) is 0 Å². The Bertz CT molecular complexity index is 1220. The molecule has 1 aromatic rings. The SMILES string of the molecule is CN(C(=O)C(=O)Nc1ccc(C(F)(F)F)cc1C(F)(F)F)[C@@H](CC1CC1)C(=O)N1CC(C)(C(N)=O)C[C@H]1C#N. The monoisotopic (exact) mass is 561 g/mol. The molecule has 1 saturated heterocycles. The van der Waals surface area contributed by atoms with Gasteiger partial charge in [-0.3, -0.25) is 19.2 Å². The molecule has 1 aliphatic heterocycles. The van der Waals surface area contributed by atoms with Gasteiger partial charge in [-0.2, -0.15) is 31.6 Å². The summed E-state index contributed by atoms with van der Waals surface area (Å²) in [5, 5.41) is 11.2. The van der Waals surface area contributed by atoms with Gasteiger partial charge in [0, 0.05) is 13.6 Å². The number of alkyl halides is 6. The van der Waals surface area contributed by atoms with E-state index in [4.69, 9.17) is 5.73 Å². The maximum Gasteiger partial charge on any atom is 0.418 e. The molecule has 39 heavy (non-hydrogen) atoms. The molecule has 1 aromatic carbocycles. The molecule has 1 heterocycles. The van der Waals surface area contributed by atoms with E-state index < -0.39 is 70.3 Å². The molecule has 3 atom stereocenters. The number of amides is 4. The number of nitrogens with zero attached hydrogens (tertiary/aromatic N) is 3. The zero-order valence-corrected chi connectivity index (χ0v) is 20.8. The fourth-order valence-electron chi connectivity index (χ4n) is 4.44. The van der Waals surface area contributed by atoms with E-state index in [0.29, 0.717) is 12.1 Å². The molecule has 2 fully saturated rings. The number of benzene rings is 1. The first-order valence-corrected chi connectivity index (χ1v) is 11.8. The topological polar surface area (TPSA) is 137 Å². The van der Waals surface area contributed by atoms with Crippen molar-refractivity contribution >= 4 is 29.3 Å². The highest BCUT2D eigenvalue weighted by Gasteiger charge is 2.49. The van der Waals surface area contributed by atoms with E-state index in [-0.39, 0.29) is 31.4 Å². The van der Waals surface area contributed by atoms with Crippen LogP contribution < -0.4 is 11.1 Å². The molecule has 9 nitrogen and oxygen atoms in total. The molecule has 2 aliphatic rings. The van der Waals surface area contributed by atoms with Gasteiger partial charge in [0.1, 0.15) is 12.1 Å². The third-order valence-corrected chi connectivity index (χ3v) is 6.99. The van der Waals surface area contributed by atoms with Gasteiger partial charge in [0.15, 0.2) is 0 Å². The van der Waals surface area contributed by atoms with Crippen LogP contribution in [0.15, 0.2) is 18.2 Å². The highest BCUT2D eigenvalue weighted by Crippen LogP contribution is 2.40. The van der Waals surface area contributed by atoms with Gasteiger partial charge in [-0.25, -0.2) is 0 Å². The highest BCUT2D eigenvalue weighted by molar-refractivity contribution is 6.40. The van der Waals surface area contributed by atoms with Crippen LogP contribution in [0, 0.1) is 22.7 Å². The minimum atomic E-state index is -5.29. The lowest BCUT2D eigenvalue weighted by Gasteiger charge is -2.32. The molecular formula is C24H25F6N5O4. The van der Waals surface area contributed by atoms with Gasteiger partial charge in [0.25, 0.3) is 0 Å². The summed E-state index contributed by atoms with van der Waals surface area (Å²) in [5.74, 6) is -4.51. The zero-order chi connectivity index (χ0) is 29.5. The van der Waals surface area contributed by atoms with Crippen molar-refractivity contribution in [3.05, 3.63) is 29.3 Å². The normalized spacial score (nSPS) is 22.1. The fourth-order valence-corrected chi connectivity index (χ4v) is 4.44. The maximum atomic E-state index is 13.5. The molecule has 0 spiro atoms. The summed E-state index contributed by atoms with van der Waals surface area (Å²) in [6, 6.07) is 0.0970. The summed E-state index contributed by atoms with van der Waals surface area (Å²) in [7, 11) is 1.08. The fraction of sp³-hybridized carbons (Fsp3) is 0.542. The lowest BCUT2D eigenvalue weighted by atomic mass is 9.87. The van der Waals surface area contributed by atoms with Crippen LogP contribution >= 0.6 is 0 Å². The molecule has 0 radical (unpaired) electrons. The number of likely N-dealkylation sites (N-methyl/N-ethyl adjacent to an activating group) is 1. The second-order valence-corrected chi connectivity index (χ2v) is 10.1. The predicted octanol–water partition coefficient (Wildman–Crippen LogP) is 2.91. The number of nitrogens with two attached hydrogens (primary N) is 1. The second kappa shape index (κ2) is 10.4. The number of primary amides is 1. The smallest absolute Gasteiger partial charge is 0.369 e. The summed E-state index contributed by atoms with van der Waals surface area (Å²) >= 11 is 0. The van der Waals surface area contributed by atoms with E-state index in [1.807, 2.05) is 6.07 Å². The average molecular weight is 561 g/mol. The number of carbonyl (C=O) groups excluding carboxylic acids is 4. The number of nitriles is 1. The quantitative estimate of drug-likeness (QED) is 0.407. The Morgan fingerprint density at radius 2 is 1.79 bits per heavy atom. The minimum absolute atomic E-state index is 0.00895. The van der Waals surface area contributed by atoms with Crippen LogP contribution in [0.25, 0.3) is 0 Å². The largest absolute Gasteiger partial charge is 0.418 e. The average Bonchev–Trinajstić information content (AvgIpc) is 3.59. The lowest BCUT2D eigenvalue weighted by molar-refractivity contribution is -0.149. The summed E-state index contributed by atoms with van der Waals surface area (Å²) in [6.07, 6.45) is -8.90. The molecule has 0 aromatic heterocycles. The Balaban J connectivity index is 1.85. The van der Waals surface area contributed by atoms with Crippen molar-refractivity contribution in [2.24, 2.45) is 17.1 Å². The van der Waals surface area contributed by atoms with Crippen molar-refractivity contribution in [2.75, 3.05) is 18.9 Å². The van der Waals surface area contributed by atoms with E-state index in [2.05, 4.69) is 0 Å².